The summed E-state index contributed by atoms with van der Waals surface area (Å²) in [6.07, 6.45) is 4.26. The predicted octanol–water partition coefficient (Wildman–Crippen LogP) is 2.16. The maximum Gasteiger partial charge on any atom is 0.261 e. The van der Waals surface area contributed by atoms with Gasteiger partial charge in [0, 0.05) is 13.2 Å². The number of aromatic nitrogens is 4. The maximum absolute atomic E-state index is 5.99. The number of halogens is 1. The average molecular weight is 227 g/mol. The van der Waals surface area contributed by atoms with Crippen molar-refractivity contribution >= 4 is 11.6 Å². The summed E-state index contributed by atoms with van der Waals surface area (Å²) in [5.74, 6) is 0.982. The highest BCUT2D eigenvalue weighted by Crippen LogP contribution is 2.23. The third-order valence-electron chi connectivity index (χ3n) is 2.03. The molecule has 15 heavy (non-hydrogen) atoms. The quantitative estimate of drug-likeness (QED) is 0.753. The Hall–Kier alpha value is -1.36. The second-order valence-corrected chi connectivity index (χ2v) is 3.76. The van der Waals surface area contributed by atoms with E-state index in [0.29, 0.717) is 11.7 Å². The molecular formula is C9H11ClN4O. The van der Waals surface area contributed by atoms with Gasteiger partial charge in [-0.3, -0.25) is 4.68 Å². The lowest BCUT2D eigenvalue weighted by molar-refractivity contribution is 0.421. The lowest BCUT2D eigenvalue weighted by Crippen LogP contribution is -1.90. The van der Waals surface area contributed by atoms with Crippen LogP contribution in [0, 0.1) is 0 Å². The van der Waals surface area contributed by atoms with E-state index >= 15 is 0 Å². The lowest BCUT2D eigenvalue weighted by atomic mass is 10.3. The van der Waals surface area contributed by atoms with Gasteiger partial charge in [-0.05, 0) is 6.42 Å². The molecule has 6 heteroatoms. The number of hydrogen-bond acceptors (Lipinski definition) is 4. The number of hydrogen-bond donors (Lipinski definition) is 0. The van der Waals surface area contributed by atoms with Crippen LogP contribution in [-0.4, -0.2) is 19.9 Å². The molecule has 0 amide bonds. The number of nitrogens with zero attached hydrogens (tertiary/aromatic N) is 4. The summed E-state index contributed by atoms with van der Waals surface area (Å²) >= 11 is 5.99. The molecule has 5 nitrogen and oxygen atoms in total. The van der Waals surface area contributed by atoms with Crippen LogP contribution in [0.1, 0.15) is 24.5 Å². The minimum atomic E-state index is -0.195. The molecule has 0 N–H and O–H groups in total. The molecular weight excluding hydrogens is 216 g/mol. The number of rotatable bonds is 3. The van der Waals surface area contributed by atoms with Crippen LogP contribution in [0.25, 0.3) is 11.5 Å². The van der Waals surface area contributed by atoms with Crippen molar-refractivity contribution in [3.8, 4) is 11.5 Å². The van der Waals surface area contributed by atoms with Crippen LogP contribution in [-0.2, 0) is 7.05 Å². The lowest BCUT2D eigenvalue weighted by Gasteiger charge is -1.95. The molecule has 0 saturated heterocycles. The molecule has 2 rings (SSSR count). The molecule has 0 spiro atoms. The largest absolute Gasteiger partial charge is 0.334 e. The first-order chi connectivity index (χ1) is 7.20. The molecule has 0 aromatic carbocycles. The summed E-state index contributed by atoms with van der Waals surface area (Å²) in [5, 5.41) is 7.65. The summed E-state index contributed by atoms with van der Waals surface area (Å²) in [5.41, 5.74) is 0.802. The normalized spacial score (nSPS) is 13.0. The van der Waals surface area contributed by atoms with Gasteiger partial charge in [0.25, 0.3) is 5.89 Å². The molecule has 0 radical (unpaired) electrons. The Balaban J connectivity index is 2.27. The fourth-order valence-electron chi connectivity index (χ4n) is 1.19. The van der Waals surface area contributed by atoms with Crippen LogP contribution < -0.4 is 0 Å². The van der Waals surface area contributed by atoms with E-state index in [2.05, 4.69) is 15.2 Å². The molecule has 2 heterocycles. The molecule has 1 unspecified atom stereocenters. The minimum absolute atomic E-state index is 0.195. The van der Waals surface area contributed by atoms with E-state index in [1.807, 2.05) is 20.2 Å². The standard InChI is InChI=1S/C9H11ClN4O/c1-3-7(10)8-12-9(15-13-8)6-4-11-14(2)5-6/h4-5,7H,3H2,1-2H3. The van der Waals surface area contributed by atoms with Crippen molar-refractivity contribution in [2.45, 2.75) is 18.7 Å². The summed E-state index contributed by atoms with van der Waals surface area (Å²) < 4.78 is 6.77. The van der Waals surface area contributed by atoms with Gasteiger partial charge in [0.05, 0.1) is 17.1 Å². The second kappa shape index (κ2) is 4.02. The summed E-state index contributed by atoms with van der Waals surface area (Å²) in [4.78, 5) is 4.20. The Labute approximate surface area is 92.0 Å². The predicted molar refractivity (Wildman–Crippen MR) is 55.4 cm³/mol. The van der Waals surface area contributed by atoms with Gasteiger partial charge in [-0.25, -0.2) is 0 Å². The van der Waals surface area contributed by atoms with Crippen molar-refractivity contribution in [1.29, 1.82) is 0 Å². The fraction of sp³-hybridized carbons (Fsp3) is 0.444. The van der Waals surface area contributed by atoms with Crippen molar-refractivity contribution in [3.63, 3.8) is 0 Å². The Morgan fingerprint density at radius 3 is 3.00 bits per heavy atom. The van der Waals surface area contributed by atoms with Crippen molar-refractivity contribution in [2.75, 3.05) is 0 Å². The summed E-state index contributed by atoms with van der Waals surface area (Å²) in [6, 6.07) is 0. The highest BCUT2D eigenvalue weighted by molar-refractivity contribution is 6.20. The zero-order valence-corrected chi connectivity index (χ0v) is 9.27. The third kappa shape index (κ3) is 2.02. The first-order valence-electron chi connectivity index (χ1n) is 4.67. The molecule has 2 aromatic rings. The smallest absolute Gasteiger partial charge is 0.261 e. The van der Waals surface area contributed by atoms with E-state index in [1.54, 1.807) is 10.9 Å². The van der Waals surface area contributed by atoms with Gasteiger partial charge < -0.3 is 4.52 Å². The van der Waals surface area contributed by atoms with Gasteiger partial charge in [-0.2, -0.15) is 10.1 Å². The van der Waals surface area contributed by atoms with Crippen LogP contribution in [0.2, 0.25) is 0 Å². The molecule has 1 atom stereocenters. The van der Waals surface area contributed by atoms with Gasteiger partial charge in [-0.15, -0.1) is 11.6 Å². The van der Waals surface area contributed by atoms with Gasteiger partial charge in [0.1, 0.15) is 0 Å². The molecule has 80 valence electrons. The minimum Gasteiger partial charge on any atom is -0.334 e. The SMILES string of the molecule is CCC(Cl)c1noc(-c2cnn(C)c2)n1. The first-order valence-corrected chi connectivity index (χ1v) is 5.11. The number of alkyl halides is 1. The van der Waals surface area contributed by atoms with Crippen molar-refractivity contribution < 1.29 is 4.52 Å². The van der Waals surface area contributed by atoms with E-state index in [4.69, 9.17) is 16.1 Å². The Morgan fingerprint density at radius 2 is 2.40 bits per heavy atom. The summed E-state index contributed by atoms with van der Waals surface area (Å²) in [6.45, 7) is 1.97. The van der Waals surface area contributed by atoms with Crippen LogP contribution >= 0.6 is 11.6 Å². The van der Waals surface area contributed by atoms with Crippen LogP contribution in [0.15, 0.2) is 16.9 Å². The van der Waals surface area contributed by atoms with E-state index < -0.39 is 0 Å². The maximum atomic E-state index is 5.99. The van der Waals surface area contributed by atoms with E-state index in [9.17, 15) is 0 Å². The molecule has 0 aliphatic carbocycles. The average Bonchev–Trinajstić information content (AvgIpc) is 2.84. The molecule has 0 aliphatic heterocycles. The van der Waals surface area contributed by atoms with Crippen LogP contribution in [0.3, 0.4) is 0 Å². The fourth-order valence-corrected chi connectivity index (χ4v) is 1.28. The first kappa shape index (κ1) is 10.2. The summed E-state index contributed by atoms with van der Waals surface area (Å²) in [7, 11) is 1.83. The Morgan fingerprint density at radius 1 is 1.60 bits per heavy atom. The van der Waals surface area contributed by atoms with E-state index in [-0.39, 0.29) is 5.38 Å². The zero-order chi connectivity index (χ0) is 10.8. The van der Waals surface area contributed by atoms with Gasteiger partial charge in [-0.1, -0.05) is 12.1 Å². The molecule has 0 saturated carbocycles. The van der Waals surface area contributed by atoms with E-state index in [1.165, 1.54) is 0 Å². The monoisotopic (exact) mass is 226 g/mol. The van der Waals surface area contributed by atoms with Gasteiger partial charge in [0.15, 0.2) is 5.82 Å². The Kier molecular flexibility index (Phi) is 2.73. The van der Waals surface area contributed by atoms with Crippen molar-refractivity contribution in [2.24, 2.45) is 7.05 Å². The molecule has 0 aliphatic rings. The van der Waals surface area contributed by atoms with Crippen LogP contribution in [0.4, 0.5) is 0 Å². The second-order valence-electron chi connectivity index (χ2n) is 3.24. The highest BCUT2D eigenvalue weighted by Gasteiger charge is 2.15. The Bertz CT molecular complexity index is 450. The molecule has 0 bridgehead atoms. The highest BCUT2D eigenvalue weighted by atomic mass is 35.5. The zero-order valence-electron chi connectivity index (χ0n) is 8.51. The van der Waals surface area contributed by atoms with Gasteiger partial charge in [0.2, 0.25) is 0 Å². The molecule has 2 aromatic heterocycles. The third-order valence-corrected chi connectivity index (χ3v) is 2.54. The topological polar surface area (TPSA) is 56.7 Å². The van der Waals surface area contributed by atoms with Crippen molar-refractivity contribution in [3.05, 3.63) is 18.2 Å². The van der Waals surface area contributed by atoms with Crippen molar-refractivity contribution in [1.82, 2.24) is 19.9 Å². The van der Waals surface area contributed by atoms with Gasteiger partial charge >= 0.3 is 0 Å². The molecule has 0 fully saturated rings. The number of aryl methyl sites for hydroxylation is 1. The van der Waals surface area contributed by atoms with Crippen LogP contribution in [0.5, 0.6) is 0 Å². The van der Waals surface area contributed by atoms with E-state index in [0.717, 1.165) is 12.0 Å².